The van der Waals surface area contributed by atoms with Crippen molar-refractivity contribution >= 4 is 52.5 Å². The summed E-state index contributed by atoms with van der Waals surface area (Å²) in [6.07, 6.45) is 0.142. The standard InChI is InChI=1S/C18H16Cl2N2O2S/c1-22(10-11-6-7-12(19)13(20)8-11)17(23)9-16-18(24)21-14-4-2-3-5-15(14)25-16/h2-8,16H,9-10H2,1H3,(H,21,24). The number of thioether (sulfide) groups is 1. The zero-order valence-corrected chi connectivity index (χ0v) is 15.8. The van der Waals surface area contributed by atoms with E-state index in [4.69, 9.17) is 23.2 Å². The highest BCUT2D eigenvalue weighted by Crippen LogP contribution is 2.36. The fourth-order valence-electron chi connectivity index (χ4n) is 2.54. The van der Waals surface area contributed by atoms with Crippen molar-refractivity contribution < 1.29 is 9.59 Å². The highest BCUT2D eigenvalue weighted by molar-refractivity contribution is 8.01. The predicted octanol–water partition coefficient (Wildman–Crippen LogP) is 4.45. The first-order valence-corrected chi connectivity index (χ1v) is 9.32. The molecule has 1 heterocycles. The molecule has 1 unspecified atom stereocenters. The molecule has 1 aliphatic heterocycles. The molecule has 2 aromatic rings. The number of fused-ring (bicyclic) bond motifs is 1. The van der Waals surface area contributed by atoms with E-state index in [9.17, 15) is 9.59 Å². The highest BCUT2D eigenvalue weighted by atomic mass is 35.5. The number of benzene rings is 2. The third-order valence-electron chi connectivity index (χ3n) is 3.90. The Balaban J connectivity index is 1.63. The van der Waals surface area contributed by atoms with Crippen molar-refractivity contribution in [1.82, 2.24) is 4.90 Å². The van der Waals surface area contributed by atoms with Crippen LogP contribution in [-0.4, -0.2) is 29.0 Å². The van der Waals surface area contributed by atoms with Crippen LogP contribution in [-0.2, 0) is 16.1 Å². The number of hydrogen-bond donors (Lipinski definition) is 1. The lowest BCUT2D eigenvalue weighted by atomic mass is 10.2. The molecule has 0 aromatic heterocycles. The van der Waals surface area contributed by atoms with Gasteiger partial charge in [-0.25, -0.2) is 0 Å². The maximum Gasteiger partial charge on any atom is 0.238 e. The second-order valence-electron chi connectivity index (χ2n) is 5.79. The molecule has 130 valence electrons. The summed E-state index contributed by atoms with van der Waals surface area (Å²) in [5.74, 6) is -0.238. The molecule has 1 N–H and O–H groups in total. The largest absolute Gasteiger partial charge is 0.341 e. The van der Waals surface area contributed by atoms with Gasteiger partial charge in [0.25, 0.3) is 0 Å². The SMILES string of the molecule is CN(Cc1ccc(Cl)c(Cl)c1)C(=O)CC1Sc2ccccc2NC1=O. The van der Waals surface area contributed by atoms with Crippen molar-refractivity contribution in [2.45, 2.75) is 23.1 Å². The van der Waals surface area contributed by atoms with Crippen LogP contribution in [0.15, 0.2) is 47.4 Å². The zero-order valence-electron chi connectivity index (χ0n) is 13.5. The van der Waals surface area contributed by atoms with Crippen molar-refractivity contribution in [3.8, 4) is 0 Å². The fourth-order valence-corrected chi connectivity index (χ4v) is 3.96. The maximum absolute atomic E-state index is 12.5. The molecule has 3 rings (SSSR count). The molecule has 0 bridgehead atoms. The normalized spacial score (nSPS) is 16.1. The van der Waals surface area contributed by atoms with Crippen LogP contribution in [0.25, 0.3) is 0 Å². The lowest BCUT2D eigenvalue weighted by molar-refractivity contribution is -0.131. The van der Waals surface area contributed by atoms with E-state index < -0.39 is 5.25 Å². The summed E-state index contributed by atoms with van der Waals surface area (Å²) >= 11 is 13.3. The molecule has 4 nitrogen and oxygen atoms in total. The van der Waals surface area contributed by atoms with Gasteiger partial charge in [-0.3, -0.25) is 9.59 Å². The van der Waals surface area contributed by atoms with Crippen molar-refractivity contribution in [2.75, 3.05) is 12.4 Å². The number of hydrogen-bond acceptors (Lipinski definition) is 3. The van der Waals surface area contributed by atoms with Gasteiger partial charge < -0.3 is 10.2 Å². The smallest absolute Gasteiger partial charge is 0.238 e. The second-order valence-corrected chi connectivity index (χ2v) is 7.85. The van der Waals surface area contributed by atoms with Gasteiger partial charge in [-0.15, -0.1) is 11.8 Å². The second kappa shape index (κ2) is 7.68. The predicted molar refractivity (Wildman–Crippen MR) is 102 cm³/mol. The molecule has 1 aliphatic rings. The number of nitrogens with zero attached hydrogens (tertiary/aromatic N) is 1. The molecule has 25 heavy (non-hydrogen) atoms. The van der Waals surface area contributed by atoms with Crippen LogP contribution in [0.1, 0.15) is 12.0 Å². The van der Waals surface area contributed by atoms with E-state index in [0.29, 0.717) is 16.6 Å². The summed E-state index contributed by atoms with van der Waals surface area (Å²) in [6.45, 7) is 0.408. The average molecular weight is 395 g/mol. The van der Waals surface area contributed by atoms with Crippen molar-refractivity contribution in [2.24, 2.45) is 0 Å². The molecule has 0 saturated carbocycles. The Morgan fingerprint density at radius 1 is 1.20 bits per heavy atom. The number of carbonyl (C=O) groups is 2. The van der Waals surface area contributed by atoms with Crippen molar-refractivity contribution in [3.63, 3.8) is 0 Å². The molecule has 2 aromatic carbocycles. The number of rotatable bonds is 4. The fraction of sp³-hybridized carbons (Fsp3) is 0.222. The van der Waals surface area contributed by atoms with Gasteiger partial charge in [-0.2, -0.15) is 0 Å². The molecular weight excluding hydrogens is 379 g/mol. The molecule has 1 atom stereocenters. The first kappa shape index (κ1) is 18.1. The van der Waals surface area contributed by atoms with Crippen LogP contribution in [0, 0.1) is 0 Å². The molecule has 0 saturated heterocycles. The van der Waals surface area contributed by atoms with Crippen LogP contribution in [0.2, 0.25) is 10.0 Å². The monoisotopic (exact) mass is 394 g/mol. The molecule has 7 heteroatoms. The van der Waals surface area contributed by atoms with Gasteiger partial charge >= 0.3 is 0 Å². The van der Waals surface area contributed by atoms with Crippen LogP contribution in [0.4, 0.5) is 5.69 Å². The molecule has 2 amide bonds. The van der Waals surface area contributed by atoms with Crippen LogP contribution < -0.4 is 5.32 Å². The van der Waals surface area contributed by atoms with Crippen LogP contribution in [0.5, 0.6) is 0 Å². The van der Waals surface area contributed by atoms with Gasteiger partial charge in [-0.05, 0) is 29.8 Å². The number of anilines is 1. The Morgan fingerprint density at radius 3 is 2.72 bits per heavy atom. The first-order valence-electron chi connectivity index (χ1n) is 7.68. The average Bonchev–Trinajstić information content (AvgIpc) is 2.58. The number of para-hydroxylation sites is 1. The van der Waals surface area contributed by atoms with Gasteiger partial charge in [0.15, 0.2) is 0 Å². The Labute approximate surface area is 160 Å². The van der Waals surface area contributed by atoms with E-state index in [1.165, 1.54) is 11.8 Å². The third-order valence-corrected chi connectivity index (χ3v) is 5.91. The maximum atomic E-state index is 12.5. The summed E-state index contributed by atoms with van der Waals surface area (Å²) < 4.78 is 0. The topological polar surface area (TPSA) is 49.4 Å². The molecule has 0 aliphatic carbocycles. The first-order chi connectivity index (χ1) is 11.9. The molecular formula is C18H16Cl2N2O2S. The van der Waals surface area contributed by atoms with Gasteiger partial charge in [0.1, 0.15) is 0 Å². The van der Waals surface area contributed by atoms with Crippen molar-refractivity contribution in [1.29, 1.82) is 0 Å². The Bertz CT molecular complexity index is 828. The number of halogens is 2. The van der Waals surface area contributed by atoms with Gasteiger partial charge in [0.05, 0.1) is 21.0 Å². The Hall–Kier alpha value is -1.69. The van der Waals surface area contributed by atoms with E-state index in [1.54, 1.807) is 24.1 Å². The van der Waals surface area contributed by atoms with Gasteiger partial charge in [-0.1, -0.05) is 41.4 Å². The summed E-state index contributed by atoms with van der Waals surface area (Å²) in [5.41, 5.74) is 1.68. The van der Waals surface area contributed by atoms with Crippen LogP contribution >= 0.6 is 35.0 Å². The van der Waals surface area contributed by atoms with E-state index >= 15 is 0 Å². The Kier molecular flexibility index (Phi) is 5.57. The molecule has 0 radical (unpaired) electrons. The molecule has 0 spiro atoms. The summed E-state index contributed by atoms with van der Waals surface area (Å²) in [5, 5.41) is 3.36. The minimum Gasteiger partial charge on any atom is -0.341 e. The van der Waals surface area contributed by atoms with Gasteiger partial charge in [0, 0.05) is 24.9 Å². The minimum absolute atomic E-state index is 0.0990. The number of amides is 2. The van der Waals surface area contributed by atoms with E-state index in [-0.39, 0.29) is 18.2 Å². The van der Waals surface area contributed by atoms with E-state index in [1.807, 2.05) is 30.3 Å². The lowest BCUT2D eigenvalue weighted by Crippen LogP contribution is -2.35. The lowest BCUT2D eigenvalue weighted by Gasteiger charge is -2.25. The zero-order chi connectivity index (χ0) is 18.0. The number of carbonyl (C=O) groups excluding carboxylic acids is 2. The highest BCUT2D eigenvalue weighted by Gasteiger charge is 2.29. The summed E-state index contributed by atoms with van der Waals surface area (Å²) in [6, 6.07) is 12.9. The Morgan fingerprint density at radius 2 is 1.96 bits per heavy atom. The minimum atomic E-state index is -0.432. The van der Waals surface area contributed by atoms with E-state index in [0.717, 1.165) is 16.1 Å². The van der Waals surface area contributed by atoms with Gasteiger partial charge in [0.2, 0.25) is 11.8 Å². The quantitative estimate of drug-likeness (QED) is 0.832. The summed E-state index contributed by atoms with van der Waals surface area (Å²) in [4.78, 5) is 27.3. The van der Waals surface area contributed by atoms with E-state index in [2.05, 4.69) is 5.32 Å². The van der Waals surface area contributed by atoms with Crippen molar-refractivity contribution in [3.05, 3.63) is 58.1 Å². The summed E-state index contributed by atoms with van der Waals surface area (Å²) in [7, 11) is 1.71. The van der Waals surface area contributed by atoms with Crippen LogP contribution in [0.3, 0.4) is 0 Å². The number of nitrogens with one attached hydrogen (secondary N) is 1. The third kappa shape index (κ3) is 4.29. The molecule has 0 fully saturated rings.